The molecule has 26 heavy (non-hydrogen) atoms. The molecule has 5 heteroatoms. The summed E-state index contributed by atoms with van der Waals surface area (Å²) in [7, 11) is 0. The van der Waals surface area contributed by atoms with Gasteiger partial charge in [-0.3, -0.25) is 9.59 Å². The molecule has 0 radical (unpaired) electrons. The molecule has 1 aliphatic heterocycles. The normalized spacial score (nSPS) is 18.4. The lowest BCUT2D eigenvalue weighted by Crippen LogP contribution is -2.49. The molecule has 2 N–H and O–H groups in total. The molecule has 5 nitrogen and oxygen atoms in total. The second-order valence-electron chi connectivity index (χ2n) is 7.28. The SMILES string of the molecule is CCC(C)C(=O)N1CCCC(C(=O)N(CCN)CCc2ccccc2)C1. The van der Waals surface area contributed by atoms with E-state index in [9.17, 15) is 9.59 Å². The molecule has 2 atom stereocenters. The second-order valence-corrected chi connectivity index (χ2v) is 7.28. The number of nitrogens with zero attached hydrogens (tertiary/aromatic N) is 2. The summed E-state index contributed by atoms with van der Waals surface area (Å²) >= 11 is 0. The van der Waals surface area contributed by atoms with E-state index in [0.717, 1.165) is 32.2 Å². The van der Waals surface area contributed by atoms with Crippen LogP contribution in [-0.4, -0.2) is 54.3 Å². The molecule has 2 rings (SSSR count). The zero-order valence-corrected chi connectivity index (χ0v) is 16.2. The van der Waals surface area contributed by atoms with E-state index in [1.165, 1.54) is 5.56 Å². The summed E-state index contributed by atoms with van der Waals surface area (Å²) < 4.78 is 0. The molecular weight excluding hydrogens is 326 g/mol. The molecule has 1 aromatic carbocycles. The predicted octanol–water partition coefficient (Wildman–Crippen LogP) is 2.30. The number of rotatable bonds is 8. The van der Waals surface area contributed by atoms with Gasteiger partial charge in [0.05, 0.1) is 5.92 Å². The van der Waals surface area contributed by atoms with E-state index in [1.54, 1.807) is 0 Å². The van der Waals surface area contributed by atoms with Gasteiger partial charge in [0.25, 0.3) is 0 Å². The fourth-order valence-corrected chi connectivity index (χ4v) is 3.52. The number of nitrogens with two attached hydrogens (primary N) is 1. The van der Waals surface area contributed by atoms with Gasteiger partial charge in [-0.05, 0) is 31.2 Å². The van der Waals surface area contributed by atoms with Gasteiger partial charge in [0, 0.05) is 38.6 Å². The summed E-state index contributed by atoms with van der Waals surface area (Å²) in [6.07, 6.45) is 3.42. The number of likely N-dealkylation sites (tertiary alicyclic amines) is 1. The first-order valence-corrected chi connectivity index (χ1v) is 9.88. The van der Waals surface area contributed by atoms with Crippen molar-refractivity contribution < 1.29 is 9.59 Å². The van der Waals surface area contributed by atoms with Crippen LogP contribution in [0.1, 0.15) is 38.7 Å². The molecule has 144 valence electrons. The zero-order valence-electron chi connectivity index (χ0n) is 16.2. The van der Waals surface area contributed by atoms with Gasteiger partial charge in [-0.1, -0.05) is 44.2 Å². The summed E-state index contributed by atoms with van der Waals surface area (Å²) in [5.41, 5.74) is 6.96. The molecule has 0 aliphatic carbocycles. The van der Waals surface area contributed by atoms with Crippen LogP contribution in [0.3, 0.4) is 0 Å². The first kappa shape index (κ1) is 20.4. The monoisotopic (exact) mass is 359 g/mol. The Bertz CT molecular complexity index is 576. The number of hydrogen-bond acceptors (Lipinski definition) is 3. The highest BCUT2D eigenvalue weighted by atomic mass is 16.2. The van der Waals surface area contributed by atoms with Crippen molar-refractivity contribution >= 4 is 11.8 Å². The lowest BCUT2D eigenvalue weighted by atomic mass is 9.94. The van der Waals surface area contributed by atoms with Gasteiger partial charge in [0.15, 0.2) is 0 Å². The lowest BCUT2D eigenvalue weighted by Gasteiger charge is -2.36. The number of carbonyl (C=O) groups is 2. The molecule has 0 aromatic heterocycles. The Morgan fingerprint density at radius 3 is 2.65 bits per heavy atom. The van der Waals surface area contributed by atoms with Crippen LogP contribution in [0.4, 0.5) is 0 Å². The highest BCUT2D eigenvalue weighted by molar-refractivity contribution is 5.82. The Labute approximate surface area is 157 Å². The molecule has 1 fully saturated rings. The molecular formula is C21H33N3O2. The van der Waals surface area contributed by atoms with Crippen molar-refractivity contribution in [1.82, 2.24) is 9.80 Å². The van der Waals surface area contributed by atoms with Crippen LogP contribution in [0, 0.1) is 11.8 Å². The first-order chi connectivity index (χ1) is 12.6. The van der Waals surface area contributed by atoms with Crippen LogP contribution in [-0.2, 0) is 16.0 Å². The molecule has 1 saturated heterocycles. The maximum Gasteiger partial charge on any atom is 0.227 e. The summed E-state index contributed by atoms with van der Waals surface area (Å²) in [6, 6.07) is 10.2. The first-order valence-electron chi connectivity index (χ1n) is 9.88. The number of benzene rings is 1. The van der Waals surface area contributed by atoms with Crippen LogP contribution in [0.5, 0.6) is 0 Å². The smallest absolute Gasteiger partial charge is 0.227 e. The standard InChI is InChI=1S/C21H33N3O2/c1-3-17(2)20(25)24-13-7-10-19(16-24)21(26)23(15-12-22)14-11-18-8-5-4-6-9-18/h4-6,8-9,17,19H,3,7,10-16,22H2,1-2H3. The topological polar surface area (TPSA) is 66.6 Å². The van der Waals surface area contributed by atoms with Crippen molar-refractivity contribution in [3.63, 3.8) is 0 Å². The average Bonchev–Trinajstić information content (AvgIpc) is 2.70. The van der Waals surface area contributed by atoms with Crippen molar-refractivity contribution in [3.8, 4) is 0 Å². The fraction of sp³-hybridized carbons (Fsp3) is 0.619. The summed E-state index contributed by atoms with van der Waals surface area (Å²) in [5, 5.41) is 0. The maximum absolute atomic E-state index is 13.0. The molecule has 0 bridgehead atoms. The third-order valence-electron chi connectivity index (χ3n) is 5.34. The van der Waals surface area contributed by atoms with Gasteiger partial charge in [-0.2, -0.15) is 0 Å². The number of amides is 2. The predicted molar refractivity (Wildman–Crippen MR) is 105 cm³/mol. The Kier molecular flexibility index (Phi) is 8.10. The second kappa shape index (κ2) is 10.3. The van der Waals surface area contributed by atoms with Crippen molar-refractivity contribution in [1.29, 1.82) is 0 Å². The fourth-order valence-electron chi connectivity index (χ4n) is 3.52. The van der Waals surface area contributed by atoms with Crippen molar-refractivity contribution in [3.05, 3.63) is 35.9 Å². The van der Waals surface area contributed by atoms with Crippen LogP contribution >= 0.6 is 0 Å². The van der Waals surface area contributed by atoms with Crippen LogP contribution in [0.2, 0.25) is 0 Å². The van der Waals surface area contributed by atoms with Crippen molar-refractivity contribution in [2.75, 3.05) is 32.7 Å². The molecule has 1 aliphatic rings. The van der Waals surface area contributed by atoms with E-state index in [0.29, 0.717) is 26.2 Å². The van der Waals surface area contributed by atoms with Crippen molar-refractivity contribution in [2.24, 2.45) is 17.6 Å². The van der Waals surface area contributed by atoms with E-state index in [2.05, 4.69) is 12.1 Å². The average molecular weight is 360 g/mol. The highest BCUT2D eigenvalue weighted by Crippen LogP contribution is 2.21. The third-order valence-corrected chi connectivity index (χ3v) is 5.34. The Hall–Kier alpha value is -1.88. The van der Waals surface area contributed by atoms with Crippen LogP contribution in [0.15, 0.2) is 30.3 Å². The van der Waals surface area contributed by atoms with E-state index in [1.807, 2.05) is 41.8 Å². The third kappa shape index (κ3) is 5.56. The lowest BCUT2D eigenvalue weighted by molar-refractivity contribution is -0.142. The Morgan fingerprint density at radius 1 is 1.27 bits per heavy atom. The number of carbonyl (C=O) groups excluding carboxylic acids is 2. The molecule has 0 spiro atoms. The molecule has 1 heterocycles. The molecule has 2 amide bonds. The minimum atomic E-state index is -0.0981. The summed E-state index contributed by atoms with van der Waals surface area (Å²) in [6.45, 7) is 7.03. The van der Waals surface area contributed by atoms with Crippen LogP contribution < -0.4 is 5.73 Å². The minimum Gasteiger partial charge on any atom is -0.342 e. The van der Waals surface area contributed by atoms with Gasteiger partial charge >= 0.3 is 0 Å². The van der Waals surface area contributed by atoms with Gasteiger partial charge in [-0.15, -0.1) is 0 Å². The molecule has 0 saturated carbocycles. The van der Waals surface area contributed by atoms with Crippen LogP contribution in [0.25, 0.3) is 0 Å². The van der Waals surface area contributed by atoms with E-state index < -0.39 is 0 Å². The van der Waals surface area contributed by atoms with E-state index in [4.69, 9.17) is 5.73 Å². The van der Waals surface area contributed by atoms with Gasteiger partial charge in [0.2, 0.25) is 11.8 Å². The maximum atomic E-state index is 13.0. The Balaban J connectivity index is 1.97. The van der Waals surface area contributed by atoms with Gasteiger partial charge in [0.1, 0.15) is 0 Å². The number of hydrogen-bond donors (Lipinski definition) is 1. The van der Waals surface area contributed by atoms with Gasteiger partial charge in [-0.25, -0.2) is 0 Å². The molecule has 1 aromatic rings. The van der Waals surface area contributed by atoms with Crippen molar-refractivity contribution in [2.45, 2.75) is 39.5 Å². The van der Waals surface area contributed by atoms with E-state index >= 15 is 0 Å². The van der Waals surface area contributed by atoms with Gasteiger partial charge < -0.3 is 15.5 Å². The van der Waals surface area contributed by atoms with E-state index in [-0.39, 0.29) is 23.7 Å². The number of piperidine rings is 1. The largest absolute Gasteiger partial charge is 0.342 e. The Morgan fingerprint density at radius 2 is 2.00 bits per heavy atom. The molecule has 2 unspecified atom stereocenters. The minimum absolute atomic E-state index is 0.0297. The highest BCUT2D eigenvalue weighted by Gasteiger charge is 2.32. The quantitative estimate of drug-likeness (QED) is 0.774. The summed E-state index contributed by atoms with van der Waals surface area (Å²) in [5.74, 6) is 0.258. The summed E-state index contributed by atoms with van der Waals surface area (Å²) in [4.78, 5) is 29.3. The zero-order chi connectivity index (χ0) is 18.9.